The molecule has 6 heteroatoms. The van der Waals surface area contributed by atoms with Crippen LogP contribution in [-0.4, -0.2) is 22.6 Å². The van der Waals surface area contributed by atoms with Crippen molar-refractivity contribution in [3.63, 3.8) is 0 Å². The van der Waals surface area contributed by atoms with Crippen LogP contribution in [0.4, 0.5) is 5.69 Å². The molecule has 1 atom stereocenters. The lowest BCUT2D eigenvalue weighted by atomic mass is 10.1. The summed E-state index contributed by atoms with van der Waals surface area (Å²) < 4.78 is 7.32. The van der Waals surface area contributed by atoms with Crippen LogP contribution in [0.1, 0.15) is 30.6 Å². The summed E-state index contributed by atoms with van der Waals surface area (Å²) >= 11 is 0. The average Bonchev–Trinajstić information content (AvgIpc) is 3.23. The van der Waals surface area contributed by atoms with E-state index in [1.807, 2.05) is 28.8 Å². The van der Waals surface area contributed by atoms with Gasteiger partial charge in [-0.05, 0) is 25.0 Å². The lowest BCUT2D eigenvalue weighted by molar-refractivity contribution is -0.119. The van der Waals surface area contributed by atoms with E-state index in [9.17, 15) is 4.79 Å². The van der Waals surface area contributed by atoms with Crippen molar-refractivity contribution in [1.29, 1.82) is 0 Å². The zero-order chi connectivity index (χ0) is 14.8. The number of para-hydroxylation sites is 2. The number of nitrogens with two attached hydrogens (primary N) is 1. The van der Waals surface area contributed by atoms with Crippen LogP contribution in [0, 0.1) is 0 Å². The van der Waals surface area contributed by atoms with Crippen molar-refractivity contribution in [2.24, 2.45) is 5.73 Å². The second-order valence-corrected chi connectivity index (χ2v) is 5.14. The Morgan fingerprint density at radius 1 is 1.48 bits per heavy atom. The number of aromatic nitrogens is 2. The Bertz CT molecular complexity index is 649. The first kappa shape index (κ1) is 13.5. The number of methoxy groups -OCH3 is 1. The number of anilines is 1. The molecule has 2 aromatic rings. The van der Waals surface area contributed by atoms with Crippen molar-refractivity contribution in [1.82, 2.24) is 9.55 Å². The number of nitrogens with zero attached hydrogens (tertiary/aromatic N) is 2. The highest BCUT2D eigenvalue weighted by Gasteiger charge is 2.30. The molecular formula is C15H18N4O2. The smallest absolute Gasteiger partial charge is 0.246 e. The molecule has 0 radical (unpaired) electrons. The van der Waals surface area contributed by atoms with Crippen LogP contribution in [0.3, 0.4) is 0 Å². The van der Waals surface area contributed by atoms with Gasteiger partial charge in [-0.1, -0.05) is 12.1 Å². The minimum atomic E-state index is -0.635. The van der Waals surface area contributed by atoms with Gasteiger partial charge >= 0.3 is 0 Å². The number of rotatable bonds is 6. The number of hydrogen-bond acceptors (Lipinski definition) is 4. The third-order valence-corrected chi connectivity index (χ3v) is 3.62. The Hall–Kier alpha value is -2.50. The van der Waals surface area contributed by atoms with Crippen LogP contribution in [0.25, 0.3) is 0 Å². The van der Waals surface area contributed by atoms with Gasteiger partial charge in [-0.25, -0.2) is 4.98 Å². The van der Waals surface area contributed by atoms with Gasteiger partial charge in [0.05, 0.1) is 31.0 Å². The summed E-state index contributed by atoms with van der Waals surface area (Å²) in [5, 5.41) is 3.16. The van der Waals surface area contributed by atoms with E-state index in [1.54, 1.807) is 19.6 Å². The zero-order valence-corrected chi connectivity index (χ0v) is 11.8. The van der Waals surface area contributed by atoms with E-state index in [0.717, 1.165) is 24.2 Å². The fourth-order valence-corrected chi connectivity index (χ4v) is 2.41. The molecule has 3 rings (SSSR count). The van der Waals surface area contributed by atoms with Crippen molar-refractivity contribution < 1.29 is 9.53 Å². The standard InChI is InChI=1S/C15H18N4O2/c1-21-13-5-3-2-4-11(13)18-14(15(16)20)12-8-17-9-19(12)10-6-7-10/h2-5,8-10,14,18H,6-7H2,1H3,(H2,16,20). The zero-order valence-electron chi connectivity index (χ0n) is 11.8. The van der Waals surface area contributed by atoms with E-state index in [-0.39, 0.29) is 0 Å². The van der Waals surface area contributed by atoms with Crippen molar-refractivity contribution >= 4 is 11.6 Å². The lowest BCUT2D eigenvalue weighted by Gasteiger charge is -2.20. The van der Waals surface area contributed by atoms with E-state index in [0.29, 0.717) is 11.8 Å². The Morgan fingerprint density at radius 2 is 2.24 bits per heavy atom. The molecule has 1 fully saturated rings. The molecule has 0 saturated heterocycles. The summed E-state index contributed by atoms with van der Waals surface area (Å²) in [7, 11) is 1.59. The molecular weight excluding hydrogens is 268 g/mol. The molecule has 21 heavy (non-hydrogen) atoms. The highest BCUT2D eigenvalue weighted by molar-refractivity contribution is 5.84. The fraction of sp³-hybridized carbons (Fsp3) is 0.333. The van der Waals surface area contributed by atoms with Crippen molar-refractivity contribution in [3.05, 3.63) is 42.5 Å². The van der Waals surface area contributed by atoms with Crippen LogP contribution >= 0.6 is 0 Å². The van der Waals surface area contributed by atoms with Gasteiger partial charge in [-0.3, -0.25) is 4.79 Å². The third kappa shape index (κ3) is 2.69. The maximum atomic E-state index is 11.9. The van der Waals surface area contributed by atoms with E-state index >= 15 is 0 Å². The molecule has 110 valence electrons. The van der Waals surface area contributed by atoms with Crippen molar-refractivity contribution in [2.75, 3.05) is 12.4 Å². The summed E-state index contributed by atoms with van der Waals surface area (Å²) in [6, 6.07) is 7.23. The first-order valence-corrected chi connectivity index (χ1v) is 6.91. The van der Waals surface area contributed by atoms with Crippen LogP contribution < -0.4 is 15.8 Å². The predicted molar refractivity (Wildman–Crippen MR) is 79.1 cm³/mol. The first-order valence-electron chi connectivity index (χ1n) is 6.91. The molecule has 3 N–H and O–H groups in total. The molecule has 0 aliphatic heterocycles. The molecule has 6 nitrogen and oxygen atoms in total. The molecule has 1 aliphatic rings. The maximum absolute atomic E-state index is 11.9. The molecule has 1 heterocycles. The van der Waals surface area contributed by atoms with E-state index in [2.05, 4.69) is 10.3 Å². The number of imidazole rings is 1. The number of ether oxygens (including phenoxy) is 1. The van der Waals surface area contributed by atoms with Gasteiger partial charge in [0, 0.05) is 6.04 Å². The Labute approximate surface area is 122 Å². The Balaban J connectivity index is 1.91. The van der Waals surface area contributed by atoms with Crippen LogP contribution in [-0.2, 0) is 4.79 Å². The number of primary amides is 1. The summed E-state index contributed by atoms with van der Waals surface area (Å²) in [6.07, 6.45) is 5.68. The second-order valence-electron chi connectivity index (χ2n) is 5.14. The molecule has 1 aromatic heterocycles. The number of nitrogens with one attached hydrogen (secondary N) is 1. The number of hydrogen-bond donors (Lipinski definition) is 2. The average molecular weight is 286 g/mol. The SMILES string of the molecule is COc1ccccc1NC(C(N)=O)c1cncn1C1CC1. The number of benzene rings is 1. The van der Waals surface area contributed by atoms with Gasteiger partial charge in [0.1, 0.15) is 11.8 Å². The first-order chi connectivity index (χ1) is 10.2. The summed E-state index contributed by atoms with van der Waals surface area (Å²) in [6.45, 7) is 0. The van der Waals surface area contributed by atoms with Gasteiger partial charge in [-0.15, -0.1) is 0 Å². The molecule has 1 aliphatic carbocycles. The quantitative estimate of drug-likeness (QED) is 0.849. The molecule has 1 amide bonds. The van der Waals surface area contributed by atoms with E-state index < -0.39 is 11.9 Å². The van der Waals surface area contributed by atoms with E-state index in [4.69, 9.17) is 10.5 Å². The summed E-state index contributed by atoms with van der Waals surface area (Å²) in [5.41, 5.74) is 7.09. The van der Waals surface area contributed by atoms with E-state index in [1.165, 1.54) is 0 Å². The van der Waals surface area contributed by atoms with Gasteiger partial charge in [0.25, 0.3) is 0 Å². The number of amides is 1. The Morgan fingerprint density at radius 3 is 2.90 bits per heavy atom. The predicted octanol–water partition coefficient (Wildman–Crippen LogP) is 1.87. The largest absolute Gasteiger partial charge is 0.495 e. The second kappa shape index (κ2) is 5.47. The lowest BCUT2D eigenvalue weighted by Crippen LogP contribution is -2.29. The molecule has 0 spiro atoms. The molecule has 1 aromatic carbocycles. The monoisotopic (exact) mass is 286 g/mol. The highest BCUT2D eigenvalue weighted by atomic mass is 16.5. The fourth-order valence-electron chi connectivity index (χ4n) is 2.41. The Kier molecular flexibility index (Phi) is 3.51. The van der Waals surface area contributed by atoms with Crippen LogP contribution in [0.5, 0.6) is 5.75 Å². The topological polar surface area (TPSA) is 82.2 Å². The molecule has 1 saturated carbocycles. The number of carbonyl (C=O) groups excluding carboxylic acids is 1. The minimum Gasteiger partial charge on any atom is -0.495 e. The minimum absolute atomic E-state index is 0.434. The van der Waals surface area contributed by atoms with Gasteiger partial charge in [0.15, 0.2) is 0 Å². The van der Waals surface area contributed by atoms with Crippen molar-refractivity contribution in [2.45, 2.75) is 24.9 Å². The summed E-state index contributed by atoms with van der Waals surface area (Å²) in [4.78, 5) is 16.0. The summed E-state index contributed by atoms with van der Waals surface area (Å²) in [5.74, 6) is 0.226. The molecule has 1 unspecified atom stereocenters. The van der Waals surface area contributed by atoms with Gasteiger partial charge in [-0.2, -0.15) is 0 Å². The molecule has 0 bridgehead atoms. The van der Waals surface area contributed by atoms with Gasteiger partial charge < -0.3 is 20.4 Å². The van der Waals surface area contributed by atoms with Crippen LogP contribution in [0.2, 0.25) is 0 Å². The van der Waals surface area contributed by atoms with Gasteiger partial charge in [0.2, 0.25) is 5.91 Å². The maximum Gasteiger partial charge on any atom is 0.246 e. The van der Waals surface area contributed by atoms with Crippen LogP contribution in [0.15, 0.2) is 36.8 Å². The highest BCUT2D eigenvalue weighted by Crippen LogP contribution is 2.37. The normalized spacial score (nSPS) is 15.5. The van der Waals surface area contributed by atoms with Crippen molar-refractivity contribution in [3.8, 4) is 5.75 Å². The third-order valence-electron chi connectivity index (χ3n) is 3.62. The number of carbonyl (C=O) groups is 1.